The highest BCUT2D eigenvalue weighted by Crippen LogP contribution is 2.46. The summed E-state index contributed by atoms with van der Waals surface area (Å²) in [6, 6.07) is 22.3. The Kier molecular flexibility index (Phi) is 7.75. The molecule has 0 fully saturated rings. The summed E-state index contributed by atoms with van der Waals surface area (Å²) in [4.78, 5) is 30.2. The van der Waals surface area contributed by atoms with Gasteiger partial charge in [-0.05, 0) is 46.2 Å². The maximum Gasteiger partial charge on any atom is 0.251 e. The maximum absolute atomic E-state index is 13.4. The zero-order chi connectivity index (χ0) is 32.1. The van der Waals surface area contributed by atoms with Crippen molar-refractivity contribution in [2.24, 2.45) is 7.05 Å². The Morgan fingerprint density at radius 1 is 0.696 bits per heavy atom. The van der Waals surface area contributed by atoms with Gasteiger partial charge in [-0.3, -0.25) is 9.59 Å². The number of anilines is 2. The molecule has 0 radical (unpaired) electrons. The maximum atomic E-state index is 13.4. The van der Waals surface area contributed by atoms with E-state index in [2.05, 4.69) is 0 Å². The molecule has 232 valence electrons. The molecule has 9 heteroatoms. The molecule has 0 spiro atoms. The number of alkyl halides is 2. The monoisotopic (exact) mass is 651 g/mol. The standard InChI is InChI=1S/C37H31Cl2N3O4/c1-40-24(12-14-34(45)41-20-22(18-38)36-28-8-4-2-6-26(28)32(43)16-30(36)41)10-11-25(40)13-15-35(46)42-21-23(19-39)37-29-9-5-3-7-27(29)33(44)17-31(37)42/h2-17,22-23,43-44H,18-21H2,1H3/t22-,23-/m1/s1. The van der Waals surface area contributed by atoms with Crippen LogP contribution in [0.5, 0.6) is 11.5 Å². The zero-order valence-electron chi connectivity index (χ0n) is 25.0. The van der Waals surface area contributed by atoms with Crippen LogP contribution in [0.4, 0.5) is 11.4 Å². The second kappa shape index (κ2) is 11.9. The first-order valence-corrected chi connectivity index (χ1v) is 16.1. The lowest BCUT2D eigenvalue weighted by molar-refractivity contribution is -0.114. The van der Waals surface area contributed by atoms with Gasteiger partial charge >= 0.3 is 0 Å². The second-order valence-electron chi connectivity index (χ2n) is 11.8. The first-order valence-electron chi connectivity index (χ1n) is 15.1. The number of hydrogen-bond donors (Lipinski definition) is 2. The average Bonchev–Trinajstić information content (AvgIpc) is 3.75. The van der Waals surface area contributed by atoms with Gasteiger partial charge in [0.25, 0.3) is 11.8 Å². The third-order valence-electron chi connectivity index (χ3n) is 9.19. The number of aromatic hydroxyl groups is 2. The van der Waals surface area contributed by atoms with Crippen molar-refractivity contribution in [1.29, 1.82) is 0 Å². The molecule has 2 N–H and O–H groups in total. The molecule has 3 heterocycles. The topological polar surface area (TPSA) is 86.0 Å². The van der Waals surface area contributed by atoms with Crippen LogP contribution in [0, 0.1) is 0 Å². The van der Waals surface area contributed by atoms with E-state index < -0.39 is 0 Å². The third kappa shape index (κ3) is 4.91. The van der Waals surface area contributed by atoms with Crippen LogP contribution < -0.4 is 9.80 Å². The minimum absolute atomic E-state index is 0.0474. The van der Waals surface area contributed by atoms with Crippen LogP contribution in [-0.2, 0) is 16.6 Å². The Morgan fingerprint density at radius 2 is 1.09 bits per heavy atom. The van der Waals surface area contributed by atoms with Crippen molar-refractivity contribution < 1.29 is 19.8 Å². The number of halogens is 2. The highest BCUT2D eigenvalue weighted by molar-refractivity contribution is 6.20. The van der Waals surface area contributed by atoms with Crippen molar-refractivity contribution in [2.45, 2.75) is 11.8 Å². The summed E-state index contributed by atoms with van der Waals surface area (Å²) in [5.74, 6) is 0.441. The molecule has 0 saturated carbocycles. The molecular weight excluding hydrogens is 621 g/mol. The van der Waals surface area contributed by atoms with Crippen LogP contribution in [0.25, 0.3) is 33.7 Å². The van der Waals surface area contributed by atoms with E-state index in [9.17, 15) is 19.8 Å². The molecule has 46 heavy (non-hydrogen) atoms. The summed E-state index contributed by atoms with van der Waals surface area (Å²) in [5.41, 5.74) is 4.85. The van der Waals surface area contributed by atoms with Crippen molar-refractivity contribution in [3.63, 3.8) is 0 Å². The Morgan fingerprint density at radius 3 is 1.48 bits per heavy atom. The Bertz CT molecular complexity index is 1950. The number of phenolic OH excluding ortho intramolecular Hbond substituents is 2. The minimum Gasteiger partial charge on any atom is -0.507 e. The summed E-state index contributed by atoms with van der Waals surface area (Å²) >= 11 is 12.7. The lowest BCUT2D eigenvalue weighted by atomic mass is 9.95. The normalized spacial score (nSPS) is 17.5. The molecule has 0 bridgehead atoms. The number of carbonyl (C=O) groups excluding carboxylic acids is 2. The van der Waals surface area contributed by atoms with E-state index in [1.54, 1.807) is 34.1 Å². The summed E-state index contributed by atoms with van der Waals surface area (Å²) in [6.07, 6.45) is 6.52. The van der Waals surface area contributed by atoms with E-state index in [-0.39, 0.29) is 35.1 Å². The van der Waals surface area contributed by atoms with Gasteiger partial charge in [0.15, 0.2) is 0 Å². The molecule has 2 atom stereocenters. The molecule has 0 aliphatic carbocycles. The van der Waals surface area contributed by atoms with Gasteiger partial charge in [0.05, 0.1) is 11.4 Å². The number of aromatic nitrogens is 1. The highest BCUT2D eigenvalue weighted by Gasteiger charge is 2.35. The molecule has 0 saturated heterocycles. The second-order valence-corrected chi connectivity index (χ2v) is 12.4. The van der Waals surface area contributed by atoms with Crippen molar-refractivity contribution in [1.82, 2.24) is 4.57 Å². The van der Waals surface area contributed by atoms with Crippen molar-refractivity contribution >= 4 is 80.1 Å². The van der Waals surface area contributed by atoms with Crippen molar-refractivity contribution in [2.75, 3.05) is 34.6 Å². The quantitative estimate of drug-likeness (QED) is 0.147. The third-order valence-corrected chi connectivity index (χ3v) is 9.93. The Balaban J connectivity index is 1.11. The molecule has 2 aliphatic heterocycles. The van der Waals surface area contributed by atoms with Gasteiger partial charge in [-0.15, -0.1) is 23.2 Å². The van der Waals surface area contributed by atoms with Crippen LogP contribution in [0.15, 0.2) is 84.9 Å². The Hall–Kier alpha value is -4.72. The fourth-order valence-corrected chi connectivity index (χ4v) is 7.40. The molecule has 4 aromatic carbocycles. The molecule has 2 amide bonds. The molecule has 1 aromatic heterocycles. The Labute approximate surface area is 276 Å². The van der Waals surface area contributed by atoms with Gasteiger partial charge in [-0.25, -0.2) is 0 Å². The van der Waals surface area contributed by atoms with Gasteiger partial charge in [0.1, 0.15) is 11.5 Å². The lowest BCUT2D eigenvalue weighted by Gasteiger charge is -2.16. The number of phenols is 2. The number of carbonyl (C=O) groups is 2. The lowest BCUT2D eigenvalue weighted by Crippen LogP contribution is -2.28. The van der Waals surface area contributed by atoms with Crippen LogP contribution >= 0.6 is 23.2 Å². The van der Waals surface area contributed by atoms with E-state index in [1.807, 2.05) is 72.3 Å². The van der Waals surface area contributed by atoms with Crippen molar-refractivity contribution in [3.05, 3.63) is 107 Å². The molecule has 7 rings (SSSR count). The number of nitrogens with zero attached hydrogens (tertiary/aromatic N) is 3. The predicted molar refractivity (Wildman–Crippen MR) is 186 cm³/mol. The number of hydrogen-bond acceptors (Lipinski definition) is 4. The first kappa shape index (κ1) is 30.0. The van der Waals surface area contributed by atoms with Gasteiger partial charge < -0.3 is 24.6 Å². The fourth-order valence-electron chi connectivity index (χ4n) is 6.89. The van der Waals surface area contributed by atoms with E-state index in [1.165, 1.54) is 12.2 Å². The van der Waals surface area contributed by atoms with Gasteiger partial charge in [-0.1, -0.05) is 48.5 Å². The van der Waals surface area contributed by atoms with Gasteiger partial charge in [0, 0.05) is 90.2 Å². The van der Waals surface area contributed by atoms with E-state index >= 15 is 0 Å². The highest BCUT2D eigenvalue weighted by atomic mass is 35.5. The van der Waals surface area contributed by atoms with Crippen LogP contribution in [0.1, 0.15) is 34.4 Å². The smallest absolute Gasteiger partial charge is 0.251 e. The number of fused-ring (bicyclic) bond motifs is 6. The SMILES string of the molecule is Cn1c(C=CC(=O)N2C[C@@H](CCl)c3c2cc(O)c2ccccc32)ccc1C=CC(=O)N1C[C@@H](CCl)c2c1cc(O)c1ccccc21. The fraction of sp³-hybridized carbons (Fsp3) is 0.189. The minimum atomic E-state index is -0.214. The number of amides is 2. The van der Waals surface area contributed by atoms with Crippen LogP contribution in [-0.4, -0.2) is 51.4 Å². The predicted octanol–water partition coefficient (Wildman–Crippen LogP) is 7.51. The van der Waals surface area contributed by atoms with E-state index in [0.717, 1.165) is 44.1 Å². The van der Waals surface area contributed by atoms with Crippen molar-refractivity contribution in [3.8, 4) is 11.5 Å². The largest absolute Gasteiger partial charge is 0.507 e. The first-order chi connectivity index (χ1) is 22.3. The summed E-state index contributed by atoms with van der Waals surface area (Å²) in [5, 5.41) is 24.6. The molecular formula is C37H31Cl2N3O4. The zero-order valence-corrected chi connectivity index (χ0v) is 26.5. The molecule has 0 unspecified atom stereocenters. The van der Waals surface area contributed by atoms with Crippen LogP contribution in [0.2, 0.25) is 0 Å². The van der Waals surface area contributed by atoms with Gasteiger partial charge in [-0.2, -0.15) is 0 Å². The summed E-state index contributed by atoms with van der Waals surface area (Å²) in [7, 11) is 1.87. The van der Waals surface area contributed by atoms with Gasteiger partial charge in [0.2, 0.25) is 0 Å². The molecule has 7 nitrogen and oxygen atoms in total. The summed E-state index contributed by atoms with van der Waals surface area (Å²) < 4.78 is 1.89. The van der Waals surface area contributed by atoms with E-state index in [4.69, 9.17) is 23.2 Å². The van der Waals surface area contributed by atoms with E-state index in [0.29, 0.717) is 36.2 Å². The molecule has 5 aromatic rings. The molecule has 2 aliphatic rings. The summed E-state index contributed by atoms with van der Waals surface area (Å²) in [6.45, 7) is 0.854. The number of benzene rings is 4. The average molecular weight is 653 g/mol. The van der Waals surface area contributed by atoms with Crippen LogP contribution in [0.3, 0.4) is 0 Å². The number of rotatable bonds is 6.